The summed E-state index contributed by atoms with van der Waals surface area (Å²) >= 11 is 3.50. The molecule has 5 heteroatoms. The number of rotatable bonds is 4. The van der Waals surface area contributed by atoms with E-state index in [1.54, 1.807) is 4.90 Å². The van der Waals surface area contributed by atoms with Gasteiger partial charge in [0, 0.05) is 11.0 Å². The summed E-state index contributed by atoms with van der Waals surface area (Å²) in [5, 5.41) is 0. The molecule has 4 nitrogen and oxygen atoms in total. The fourth-order valence-electron chi connectivity index (χ4n) is 3.12. The molecule has 1 atom stereocenters. The summed E-state index contributed by atoms with van der Waals surface area (Å²) in [5.74, 6) is 0.901. The van der Waals surface area contributed by atoms with Gasteiger partial charge in [-0.05, 0) is 62.9 Å². The fraction of sp³-hybridized carbons (Fsp3) is 0.409. The lowest BCUT2D eigenvalue weighted by Gasteiger charge is -2.33. The number of benzene rings is 2. The van der Waals surface area contributed by atoms with Crippen LogP contribution < -0.4 is 4.74 Å². The lowest BCUT2D eigenvalue weighted by Crippen LogP contribution is -2.43. The summed E-state index contributed by atoms with van der Waals surface area (Å²) in [4.78, 5) is 14.5. The second-order valence-electron chi connectivity index (χ2n) is 7.88. The quantitative estimate of drug-likeness (QED) is 0.633. The van der Waals surface area contributed by atoms with E-state index in [-0.39, 0.29) is 12.2 Å². The van der Waals surface area contributed by atoms with Crippen molar-refractivity contribution in [2.24, 2.45) is 0 Å². The van der Waals surface area contributed by atoms with Gasteiger partial charge in [0.1, 0.15) is 17.5 Å². The van der Waals surface area contributed by atoms with Gasteiger partial charge in [-0.15, -0.1) is 0 Å². The Bertz CT molecular complexity index is 786. The molecule has 1 heterocycles. The van der Waals surface area contributed by atoms with Crippen LogP contribution in [0.15, 0.2) is 53.0 Å². The van der Waals surface area contributed by atoms with Gasteiger partial charge in [-0.25, -0.2) is 4.79 Å². The van der Waals surface area contributed by atoms with Crippen LogP contribution in [0, 0.1) is 0 Å². The zero-order valence-corrected chi connectivity index (χ0v) is 17.7. The van der Waals surface area contributed by atoms with Crippen LogP contribution in [-0.2, 0) is 17.7 Å². The van der Waals surface area contributed by atoms with Crippen LogP contribution in [-0.4, -0.2) is 29.2 Å². The number of hydrogen-bond donors (Lipinski definition) is 0. The van der Waals surface area contributed by atoms with Crippen LogP contribution in [0.5, 0.6) is 5.75 Å². The minimum Gasteiger partial charge on any atom is -0.488 e. The molecule has 0 spiro atoms. The van der Waals surface area contributed by atoms with E-state index in [9.17, 15) is 4.79 Å². The fourth-order valence-corrected chi connectivity index (χ4v) is 3.53. The molecule has 0 radical (unpaired) electrons. The topological polar surface area (TPSA) is 38.8 Å². The van der Waals surface area contributed by atoms with Gasteiger partial charge in [-0.1, -0.05) is 46.3 Å². The van der Waals surface area contributed by atoms with Crippen molar-refractivity contribution in [2.45, 2.75) is 51.9 Å². The largest absolute Gasteiger partial charge is 0.488 e. The van der Waals surface area contributed by atoms with E-state index in [2.05, 4.69) is 22.0 Å². The standard InChI is InChI=1S/C22H26BrNO3/c1-22(2,3)27-21(25)24(14-16-7-5-4-6-8-16)15-19-11-9-17-13-18(23)10-12-20(17)26-19/h4-8,10,12-13,19H,9,11,14-15H2,1-3H3/t19-/m1/s1. The Hall–Kier alpha value is -2.01. The van der Waals surface area contributed by atoms with Crippen LogP contribution in [0.1, 0.15) is 38.3 Å². The third-order valence-corrected chi connectivity index (χ3v) is 4.84. The molecule has 2 aromatic rings. The molecular formula is C22H26BrNO3. The van der Waals surface area contributed by atoms with Gasteiger partial charge < -0.3 is 14.4 Å². The Balaban J connectivity index is 1.72. The number of nitrogens with zero attached hydrogens (tertiary/aromatic N) is 1. The molecule has 1 aliphatic heterocycles. The number of fused-ring (bicyclic) bond motifs is 1. The average Bonchev–Trinajstić information content (AvgIpc) is 2.61. The van der Waals surface area contributed by atoms with Crippen LogP contribution in [0.2, 0.25) is 0 Å². The zero-order chi connectivity index (χ0) is 19.4. The van der Waals surface area contributed by atoms with Gasteiger partial charge in [0.2, 0.25) is 0 Å². The second-order valence-corrected chi connectivity index (χ2v) is 8.79. The first-order valence-corrected chi connectivity index (χ1v) is 10.1. The highest BCUT2D eigenvalue weighted by atomic mass is 79.9. The van der Waals surface area contributed by atoms with Crippen LogP contribution in [0.4, 0.5) is 4.79 Å². The lowest BCUT2D eigenvalue weighted by molar-refractivity contribution is 0.0133. The van der Waals surface area contributed by atoms with E-state index in [0.29, 0.717) is 13.1 Å². The molecule has 0 aromatic heterocycles. The van der Waals surface area contributed by atoms with Crippen LogP contribution in [0.3, 0.4) is 0 Å². The Morgan fingerprint density at radius 2 is 1.96 bits per heavy atom. The molecule has 1 aliphatic rings. The predicted octanol–water partition coefficient (Wildman–Crippen LogP) is 5.58. The van der Waals surface area contributed by atoms with Crippen molar-refractivity contribution in [2.75, 3.05) is 6.54 Å². The zero-order valence-electron chi connectivity index (χ0n) is 16.1. The van der Waals surface area contributed by atoms with Crippen LogP contribution in [0.25, 0.3) is 0 Å². The SMILES string of the molecule is CC(C)(C)OC(=O)N(Cc1ccccc1)C[C@H]1CCc2cc(Br)ccc2O1. The first kappa shape index (κ1) is 19.7. The molecule has 144 valence electrons. The highest BCUT2D eigenvalue weighted by molar-refractivity contribution is 9.10. The molecule has 0 saturated carbocycles. The summed E-state index contributed by atoms with van der Waals surface area (Å²) in [5.41, 5.74) is 1.74. The number of hydrogen-bond acceptors (Lipinski definition) is 3. The summed E-state index contributed by atoms with van der Waals surface area (Å²) in [6, 6.07) is 16.0. The molecule has 0 unspecified atom stereocenters. The average molecular weight is 432 g/mol. The Labute approximate surface area is 169 Å². The molecule has 0 saturated heterocycles. The van der Waals surface area contributed by atoms with Gasteiger partial charge in [-0.2, -0.15) is 0 Å². The number of halogens is 1. The Morgan fingerprint density at radius 1 is 1.22 bits per heavy atom. The highest BCUT2D eigenvalue weighted by Gasteiger charge is 2.28. The maximum Gasteiger partial charge on any atom is 0.410 e. The first-order valence-electron chi connectivity index (χ1n) is 9.27. The maximum atomic E-state index is 12.8. The molecule has 0 N–H and O–H groups in total. The second kappa shape index (κ2) is 8.34. The molecule has 27 heavy (non-hydrogen) atoms. The first-order chi connectivity index (χ1) is 12.8. The molecule has 3 rings (SSSR count). The molecule has 0 fully saturated rings. The van der Waals surface area contributed by atoms with Gasteiger partial charge in [0.15, 0.2) is 0 Å². The number of ether oxygens (including phenoxy) is 2. The van der Waals surface area contributed by atoms with Crippen molar-refractivity contribution in [1.82, 2.24) is 4.90 Å². The smallest absolute Gasteiger partial charge is 0.410 e. The van der Waals surface area contributed by atoms with Crippen molar-refractivity contribution in [3.8, 4) is 5.75 Å². The lowest BCUT2D eigenvalue weighted by atomic mass is 10.0. The number of carbonyl (C=O) groups excluding carboxylic acids is 1. The third-order valence-electron chi connectivity index (χ3n) is 4.34. The Morgan fingerprint density at radius 3 is 2.67 bits per heavy atom. The maximum absolute atomic E-state index is 12.8. The number of carbonyl (C=O) groups is 1. The number of aryl methyl sites for hydroxylation is 1. The summed E-state index contributed by atoms with van der Waals surface area (Å²) in [7, 11) is 0. The summed E-state index contributed by atoms with van der Waals surface area (Å²) < 4.78 is 12.8. The van der Waals surface area contributed by atoms with E-state index in [4.69, 9.17) is 9.47 Å². The van der Waals surface area contributed by atoms with Gasteiger partial charge in [0.05, 0.1) is 6.54 Å². The molecule has 2 aromatic carbocycles. The van der Waals surface area contributed by atoms with Gasteiger partial charge in [-0.3, -0.25) is 0 Å². The van der Waals surface area contributed by atoms with Gasteiger partial charge >= 0.3 is 6.09 Å². The predicted molar refractivity (Wildman–Crippen MR) is 110 cm³/mol. The van der Waals surface area contributed by atoms with E-state index < -0.39 is 5.60 Å². The van der Waals surface area contributed by atoms with Crippen molar-refractivity contribution in [3.63, 3.8) is 0 Å². The van der Waals surface area contributed by atoms with E-state index in [1.807, 2.05) is 63.2 Å². The van der Waals surface area contributed by atoms with Crippen molar-refractivity contribution >= 4 is 22.0 Å². The highest BCUT2D eigenvalue weighted by Crippen LogP contribution is 2.30. The molecule has 0 aliphatic carbocycles. The van der Waals surface area contributed by atoms with E-state index >= 15 is 0 Å². The third kappa shape index (κ3) is 5.73. The summed E-state index contributed by atoms with van der Waals surface area (Å²) in [6.45, 7) is 6.66. The molecule has 1 amide bonds. The monoisotopic (exact) mass is 431 g/mol. The van der Waals surface area contributed by atoms with Crippen LogP contribution >= 0.6 is 15.9 Å². The Kier molecular flexibility index (Phi) is 6.10. The van der Waals surface area contributed by atoms with Crippen molar-refractivity contribution in [1.29, 1.82) is 0 Å². The minimum atomic E-state index is -0.529. The van der Waals surface area contributed by atoms with Crippen molar-refractivity contribution < 1.29 is 14.3 Å². The number of amides is 1. The van der Waals surface area contributed by atoms with Crippen molar-refractivity contribution in [3.05, 3.63) is 64.1 Å². The molecular weight excluding hydrogens is 406 g/mol. The normalized spacial score (nSPS) is 16.2. The van der Waals surface area contributed by atoms with E-state index in [0.717, 1.165) is 28.6 Å². The van der Waals surface area contributed by atoms with E-state index in [1.165, 1.54) is 5.56 Å². The molecule has 0 bridgehead atoms. The minimum absolute atomic E-state index is 0.0464. The van der Waals surface area contributed by atoms with Gasteiger partial charge in [0.25, 0.3) is 0 Å². The summed E-state index contributed by atoms with van der Waals surface area (Å²) in [6.07, 6.45) is 1.45.